The Balaban J connectivity index is 2.22. The van der Waals surface area contributed by atoms with Crippen molar-refractivity contribution in [3.63, 3.8) is 0 Å². The van der Waals surface area contributed by atoms with E-state index in [1.54, 1.807) is 19.1 Å². The van der Waals surface area contributed by atoms with Crippen molar-refractivity contribution < 1.29 is 4.92 Å². The number of aryl methyl sites for hydroxylation is 1. The highest BCUT2D eigenvalue weighted by Gasteiger charge is 2.14. The van der Waals surface area contributed by atoms with Crippen LogP contribution in [0.4, 0.5) is 11.4 Å². The van der Waals surface area contributed by atoms with E-state index in [4.69, 9.17) is 0 Å². The van der Waals surface area contributed by atoms with Crippen LogP contribution in [0.1, 0.15) is 11.3 Å². The molecular formula is C12H12BrN3O2. The molecule has 0 saturated carbocycles. The Morgan fingerprint density at radius 2 is 2.28 bits per heavy atom. The van der Waals surface area contributed by atoms with Crippen LogP contribution in [0, 0.1) is 17.0 Å². The molecule has 0 bridgehead atoms. The minimum Gasteiger partial charge on any atom is -0.378 e. The normalized spacial score (nSPS) is 10.3. The van der Waals surface area contributed by atoms with Crippen LogP contribution in [-0.4, -0.2) is 9.91 Å². The summed E-state index contributed by atoms with van der Waals surface area (Å²) in [7, 11) is 0. The third-order valence-electron chi connectivity index (χ3n) is 2.61. The minimum atomic E-state index is -0.373. The van der Waals surface area contributed by atoms with Gasteiger partial charge in [-0.3, -0.25) is 10.1 Å². The number of nitro groups is 1. The summed E-state index contributed by atoms with van der Waals surface area (Å²) in [5, 5.41) is 14.0. The van der Waals surface area contributed by atoms with Crippen LogP contribution in [0.25, 0.3) is 0 Å². The molecule has 0 radical (unpaired) electrons. The number of hydrogen-bond acceptors (Lipinski definition) is 3. The molecule has 18 heavy (non-hydrogen) atoms. The van der Waals surface area contributed by atoms with E-state index in [1.165, 1.54) is 0 Å². The molecule has 1 aromatic carbocycles. The number of nitrogens with zero attached hydrogens (tertiary/aromatic N) is 1. The molecule has 1 heterocycles. The second-order valence-electron chi connectivity index (χ2n) is 3.92. The van der Waals surface area contributed by atoms with Gasteiger partial charge in [0.05, 0.1) is 17.2 Å². The van der Waals surface area contributed by atoms with Gasteiger partial charge < -0.3 is 10.3 Å². The van der Waals surface area contributed by atoms with Crippen LogP contribution in [0.5, 0.6) is 0 Å². The Labute approximate surface area is 112 Å². The maximum atomic E-state index is 10.9. The fourth-order valence-electron chi connectivity index (χ4n) is 1.66. The van der Waals surface area contributed by atoms with Gasteiger partial charge in [0.25, 0.3) is 5.69 Å². The molecule has 1 aromatic heterocycles. The van der Waals surface area contributed by atoms with Gasteiger partial charge in [-0.15, -0.1) is 0 Å². The van der Waals surface area contributed by atoms with Crippen LogP contribution in [-0.2, 0) is 6.54 Å². The maximum Gasteiger partial charge on any atom is 0.274 e. The second-order valence-corrected chi connectivity index (χ2v) is 4.78. The van der Waals surface area contributed by atoms with Gasteiger partial charge >= 0.3 is 0 Å². The number of H-pyrrole nitrogens is 1. The van der Waals surface area contributed by atoms with Crippen molar-refractivity contribution in [2.24, 2.45) is 0 Å². The monoisotopic (exact) mass is 309 g/mol. The van der Waals surface area contributed by atoms with Crippen LogP contribution in [0.15, 0.2) is 34.9 Å². The van der Waals surface area contributed by atoms with Crippen molar-refractivity contribution in [2.45, 2.75) is 13.5 Å². The number of aromatic amines is 1. The Morgan fingerprint density at radius 3 is 2.89 bits per heavy atom. The van der Waals surface area contributed by atoms with E-state index in [2.05, 4.69) is 26.2 Å². The summed E-state index contributed by atoms with van der Waals surface area (Å²) >= 11 is 3.40. The number of aromatic nitrogens is 1. The van der Waals surface area contributed by atoms with Gasteiger partial charge in [-0.05, 0) is 41.1 Å². The first-order chi connectivity index (χ1) is 8.58. The molecule has 0 aliphatic carbocycles. The number of nitrogens with one attached hydrogen (secondary N) is 2. The standard InChI is InChI=1S/C12H12BrN3O2/c1-8-5-10(13)11(6-12(8)16(17)18)15-7-9-3-2-4-14-9/h2-6,14-15H,7H2,1H3. The largest absolute Gasteiger partial charge is 0.378 e. The molecule has 2 rings (SSSR count). The molecule has 5 nitrogen and oxygen atoms in total. The lowest BCUT2D eigenvalue weighted by atomic mass is 10.2. The van der Waals surface area contributed by atoms with E-state index < -0.39 is 0 Å². The number of hydrogen-bond donors (Lipinski definition) is 2. The lowest BCUT2D eigenvalue weighted by Crippen LogP contribution is -2.02. The molecule has 0 saturated heterocycles. The predicted molar refractivity (Wildman–Crippen MR) is 73.7 cm³/mol. The molecule has 94 valence electrons. The zero-order valence-corrected chi connectivity index (χ0v) is 11.3. The molecule has 0 aliphatic rings. The predicted octanol–water partition coefficient (Wildman–Crippen LogP) is 3.61. The molecule has 0 spiro atoms. The zero-order valence-electron chi connectivity index (χ0n) is 9.74. The number of anilines is 1. The van der Waals surface area contributed by atoms with Gasteiger partial charge in [0, 0.05) is 28.0 Å². The summed E-state index contributed by atoms with van der Waals surface area (Å²) in [5.74, 6) is 0. The molecule has 0 aliphatic heterocycles. The lowest BCUT2D eigenvalue weighted by molar-refractivity contribution is -0.385. The van der Waals surface area contributed by atoms with Crippen LogP contribution < -0.4 is 5.32 Å². The average Bonchev–Trinajstić information content (AvgIpc) is 2.80. The van der Waals surface area contributed by atoms with Crippen molar-refractivity contribution in [3.05, 3.63) is 56.3 Å². The van der Waals surface area contributed by atoms with E-state index >= 15 is 0 Å². The molecule has 2 aromatic rings. The first-order valence-electron chi connectivity index (χ1n) is 5.38. The number of benzene rings is 1. The fourth-order valence-corrected chi connectivity index (χ4v) is 2.26. The van der Waals surface area contributed by atoms with Gasteiger partial charge in [0.2, 0.25) is 0 Å². The van der Waals surface area contributed by atoms with E-state index in [-0.39, 0.29) is 10.6 Å². The van der Waals surface area contributed by atoms with Crippen LogP contribution in [0.3, 0.4) is 0 Å². The molecule has 0 amide bonds. The number of rotatable bonds is 4. The lowest BCUT2D eigenvalue weighted by Gasteiger charge is -2.09. The van der Waals surface area contributed by atoms with Crippen molar-refractivity contribution in [1.82, 2.24) is 4.98 Å². The Bertz CT molecular complexity index is 567. The zero-order chi connectivity index (χ0) is 13.1. The smallest absolute Gasteiger partial charge is 0.274 e. The highest BCUT2D eigenvalue weighted by Crippen LogP contribution is 2.30. The third-order valence-corrected chi connectivity index (χ3v) is 3.27. The molecule has 2 N–H and O–H groups in total. The number of nitro benzene ring substituents is 1. The summed E-state index contributed by atoms with van der Waals surface area (Å²) in [5.41, 5.74) is 2.48. The average molecular weight is 310 g/mol. The quantitative estimate of drug-likeness (QED) is 0.669. The van der Waals surface area contributed by atoms with Crippen molar-refractivity contribution >= 4 is 27.3 Å². The molecule has 0 atom stereocenters. The summed E-state index contributed by atoms with van der Waals surface area (Å²) < 4.78 is 0.817. The summed E-state index contributed by atoms with van der Waals surface area (Å²) in [6, 6.07) is 7.14. The van der Waals surface area contributed by atoms with Crippen molar-refractivity contribution in [2.75, 3.05) is 5.32 Å². The van der Waals surface area contributed by atoms with E-state index in [1.807, 2.05) is 18.3 Å². The highest BCUT2D eigenvalue weighted by atomic mass is 79.9. The van der Waals surface area contributed by atoms with Gasteiger partial charge in [-0.2, -0.15) is 0 Å². The van der Waals surface area contributed by atoms with Gasteiger partial charge in [-0.25, -0.2) is 0 Å². The third kappa shape index (κ3) is 2.70. The van der Waals surface area contributed by atoms with Gasteiger partial charge in [0.15, 0.2) is 0 Å². The van der Waals surface area contributed by atoms with E-state index in [9.17, 15) is 10.1 Å². The van der Waals surface area contributed by atoms with Gasteiger partial charge in [0.1, 0.15) is 0 Å². The van der Waals surface area contributed by atoms with E-state index in [0.29, 0.717) is 17.8 Å². The SMILES string of the molecule is Cc1cc(Br)c(NCc2ccc[nH]2)cc1[N+](=O)[O-]. The Kier molecular flexibility index (Phi) is 3.66. The first-order valence-corrected chi connectivity index (χ1v) is 6.18. The summed E-state index contributed by atoms with van der Waals surface area (Å²) in [4.78, 5) is 13.6. The molecule has 0 unspecified atom stereocenters. The Hall–Kier alpha value is -1.82. The molecular weight excluding hydrogens is 298 g/mol. The minimum absolute atomic E-state index is 0.118. The van der Waals surface area contributed by atoms with Crippen molar-refractivity contribution in [3.8, 4) is 0 Å². The van der Waals surface area contributed by atoms with Crippen molar-refractivity contribution in [1.29, 1.82) is 0 Å². The first kappa shape index (κ1) is 12.6. The molecule has 0 fully saturated rings. The Morgan fingerprint density at radius 1 is 1.50 bits per heavy atom. The highest BCUT2D eigenvalue weighted by molar-refractivity contribution is 9.10. The number of halogens is 1. The summed E-state index contributed by atoms with van der Waals surface area (Å²) in [6.45, 7) is 2.31. The second kappa shape index (κ2) is 5.22. The topological polar surface area (TPSA) is 71.0 Å². The fraction of sp³-hybridized carbons (Fsp3) is 0.167. The van der Waals surface area contributed by atoms with Crippen LogP contribution >= 0.6 is 15.9 Å². The van der Waals surface area contributed by atoms with E-state index in [0.717, 1.165) is 10.2 Å². The molecule has 6 heteroatoms. The summed E-state index contributed by atoms with van der Waals surface area (Å²) in [6.07, 6.45) is 1.84. The van der Waals surface area contributed by atoms with Gasteiger partial charge in [-0.1, -0.05) is 0 Å². The van der Waals surface area contributed by atoms with Crippen LogP contribution in [0.2, 0.25) is 0 Å². The maximum absolute atomic E-state index is 10.9.